The van der Waals surface area contributed by atoms with Crippen molar-refractivity contribution in [1.82, 2.24) is 4.72 Å². The van der Waals surface area contributed by atoms with Crippen LogP contribution in [0.1, 0.15) is 33.6 Å². The Morgan fingerprint density at radius 2 is 1.79 bits per heavy atom. The first-order valence-corrected chi connectivity index (χ1v) is 9.04. The first kappa shape index (κ1) is 21.1. The van der Waals surface area contributed by atoms with E-state index in [0.717, 1.165) is 0 Å². The van der Waals surface area contributed by atoms with E-state index in [0.29, 0.717) is 6.42 Å². The number of ether oxygens (including phenoxy) is 3. The molecule has 1 aliphatic heterocycles. The first-order valence-electron chi connectivity index (χ1n) is 7.39. The molecule has 0 aliphatic carbocycles. The van der Waals surface area contributed by atoms with Crippen LogP contribution >= 0.6 is 0 Å². The van der Waals surface area contributed by atoms with Gasteiger partial charge in [0.25, 0.3) is 0 Å². The van der Waals surface area contributed by atoms with Crippen LogP contribution in [-0.2, 0) is 29.0 Å². The van der Waals surface area contributed by atoms with Crippen LogP contribution < -0.4 is 4.72 Å². The summed E-state index contributed by atoms with van der Waals surface area (Å²) in [4.78, 5) is 11.7. The fourth-order valence-electron chi connectivity index (χ4n) is 1.70. The van der Waals surface area contributed by atoms with Crippen LogP contribution in [0, 0.1) is 5.41 Å². The molecule has 0 amide bonds. The van der Waals surface area contributed by atoms with Gasteiger partial charge >= 0.3 is 18.1 Å². The smallest absolute Gasteiger partial charge is 0.460 e. The molecule has 142 valence electrons. The number of esters is 1. The fraction of sp³-hybridized carbons (Fsp3) is 0.923. The summed E-state index contributed by atoms with van der Waals surface area (Å²) in [6, 6.07) is 0. The molecule has 0 radical (unpaired) electrons. The van der Waals surface area contributed by atoms with Crippen molar-refractivity contribution in [3.63, 3.8) is 0 Å². The van der Waals surface area contributed by atoms with Crippen molar-refractivity contribution in [2.75, 3.05) is 25.6 Å². The molecule has 0 aromatic rings. The van der Waals surface area contributed by atoms with E-state index < -0.39 is 39.2 Å². The van der Waals surface area contributed by atoms with Gasteiger partial charge in [0.15, 0.2) is 0 Å². The van der Waals surface area contributed by atoms with Gasteiger partial charge in [-0.2, -0.15) is 17.9 Å². The highest BCUT2D eigenvalue weighted by Gasteiger charge is 2.62. The van der Waals surface area contributed by atoms with Gasteiger partial charge in [-0.1, -0.05) is 6.92 Å². The Hall–Kier alpha value is -0.910. The summed E-state index contributed by atoms with van der Waals surface area (Å²) >= 11 is 0. The molecule has 1 aliphatic rings. The third-order valence-corrected chi connectivity index (χ3v) is 4.99. The first-order chi connectivity index (χ1) is 10.9. The second-order valence-corrected chi connectivity index (χ2v) is 7.80. The minimum Gasteiger partial charge on any atom is -0.465 e. The monoisotopic (exact) mass is 377 g/mol. The predicted octanol–water partition coefficient (Wildman–Crippen LogP) is 1.54. The van der Waals surface area contributed by atoms with Gasteiger partial charge in [0.1, 0.15) is 0 Å². The van der Waals surface area contributed by atoms with Crippen molar-refractivity contribution >= 4 is 16.0 Å². The third-order valence-electron chi connectivity index (χ3n) is 3.58. The van der Waals surface area contributed by atoms with E-state index in [9.17, 15) is 26.4 Å². The maximum absolute atomic E-state index is 13.0. The molecule has 0 atom stereocenters. The lowest BCUT2D eigenvalue weighted by molar-refractivity contribution is -0.348. The number of nitrogens with one attached hydrogen (secondary N) is 1. The van der Waals surface area contributed by atoms with E-state index in [1.54, 1.807) is 20.8 Å². The van der Waals surface area contributed by atoms with Gasteiger partial charge in [-0.05, 0) is 26.7 Å². The lowest BCUT2D eigenvalue weighted by Crippen LogP contribution is -2.60. The summed E-state index contributed by atoms with van der Waals surface area (Å²) in [7, 11) is -4.36. The molecule has 11 heteroatoms. The predicted molar refractivity (Wildman–Crippen MR) is 77.3 cm³/mol. The van der Waals surface area contributed by atoms with Gasteiger partial charge in [-0.15, -0.1) is 0 Å². The summed E-state index contributed by atoms with van der Waals surface area (Å²) in [5.41, 5.74) is -0.705. The summed E-state index contributed by atoms with van der Waals surface area (Å²) < 4.78 is 77.7. The molecular weight excluding hydrogens is 355 g/mol. The fourth-order valence-corrected chi connectivity index (χ4v) is 2.95. The highest BCUT2D eigenvalue weighted by Crippen LogP contribution is 2.36. The van der Waals surface area contributed by atoms with Crippen molar-refractivity contribution in [2.45, 2.75) is 45.7 Å². The van der Waals surface area contributed by atoms with Crippen LogP contribution in [0.5, 0.6) is 0 Å². The van der Waals surface area contributed by atoms with Crippen LogP contribution in [-0.4, -0.2) is 52.0 Å². The normalized spacial score (nSPS) is 18.6. The zero-order valence-electron chi connectivity index (χ0n) is 13.7. The number of halogens is 3. The number of rotatable bonds is 8. The largest absolute Gasteiger partial charge is 0.465 e. The van der Waals surface area contributed by atoms with Gasteiger partial charge in [0.2, 0.25) is 10.0 Å². The molecule has 0 spiro atoms. The number of sulfonamides is 1. The van der Waals surface area contributed by atoms with Gasteiger partial charge in [-0.3, -0.25) is 4.79 Å². The molecule has 0 bridgehead atoms. The number of alkyl halides is 3. The molecular formula is C13H22F3NO6S. The van der Waals surface area contributed by atoms with Crippen LogP contribution in [0.15, 0.2) is 0 Å². The maximum atomic E-state index is 13.0. The van der Waals surface area contributed by atoms with Crippen molar-refractivity contribution in [3.8, 4) is 0 Å². The molecule has 0 saturated carbocycles. The van der Waals surface area contributed by atoms with Crippen molar-refractivity contribution in [3.05, 3.63) is 0 Å². The summed E-state index contributed by atoms with van der Waals surface area (Å²) in [6.45, 7) is 4.17. The Balaban J connectivity index is 2.54. The number of carbonyl (C=O) groups excluding carboxylic acids is 1. The standard InChI is InChI=1S/C13H22F3NO6S/c1-4-11(2,3)10(18)21-6-5-9-24(19,20)17-13(12(14,15)16)22-7-8-23-13/h17H,4-9H2,1-3H3. The summed E-state index contributed by atoms with van der Waals surface area (Å²) in [5, 5.41) is 0. The zero-order valence-corrected chi connectivity index (χ0v) is 14.6. The van der Waals surface area contributed by atoms with Gasteiger partial charge in [0, 0.05) is 0 Å². The lowest BCUT2D eigenvalue weighted by Gasteiger charge is -2.29. The Labute approximate surface area is 138 Å². The molecule has 1 fully saturated rings. The minimum absolute atomic E-state index is 0.158. The molecule has 0 unspecified atom stereocenters. The van der Waals surface area contributed by atoms with E-state index in [1.807, 2.05) is 0 Å². The molecule has 0 aromatic heterocycles. The zero-order chi connectivity index (χ0) is 18.6. The molecule has 1 rings (SSSR count). The van der Waals surface area contributed by atoms with Crippen molar-refractivity contribution in [1.29, 1.82) is 0 Å². The van der Waals surface area contributed by atoms with E-state index in [-0.39, 0.29) is 26.2 Å². The Bertz CT molecular complexity index is 540. The summed E-state index contributed by atoms with van der Waals surface area (Å²) in [5.74, 6) is -4.52. The van der Waals surface area contributed by atoms with E-state index in [4.69, 9.17) is 4.74 Å². The third kappa shape index (κ3) is 5.30. The van der Waals surface area contributed by atoms with Crippen LogP contribution in [0.25, 0.3) is 0 Å². The summed E-state index contributed by atoms with van der Waals surface area (Å²) in [6.07, 6.45) is -4.68. The molecule has 24 heavy (non-hydrogen) atoms. The topological polar surface area (TPSA) is 90.9 Å². The van der Waals surface area contributed by atoms with Crippen LogP contribution in [0.2, 0.25) is 0 Å². The SMILES string of the molecule is CCC(C)(C)C(=O)OCCCS(=O)(=O)NC1(C(F)(F)F)OCCO1. The van der Waals surface area contributed by atoms with E-state index in [1.165, 1.54) is 4.72 Å². The number of carbonyl (C=O) groups is 1. The molecule has 1 N–H and O–H groups in total. The van der Waals surface area contributed by atoms with Gasteiger partial charge in [-0.25, -0.2) is 8.42 Å². The molecule has 1 heterocycles. The Morgan fingerprint density at radius 1 is 1.25 bits per heavy atom. The number of hydrogen-bond donors (Lipinski definition) is 1. The lowest BCUT2D eigenvalue weighted by atomic mass is 9.91. The molecule has 1 saturated heterocycles. The Morgan fingerprint density at radius 3 is 2.25 bits per heavy atom. The molecule has 7 nitrogen and oxygen atoms in total. The average Bonchev–Trinajstić information content (AvgIpc) is 2.92. The molecule has 0 aromatic carbocycles. The highest BCUT2D eigenvalue weighted by atomic mass is 32.2. The second-order valence-electron chi connectivity index (χ2n) is 5.96. The van der Waals surface area contributed by atoms with Crippen molar-refractivity contribution in [2.24, 2.45) is 5.41 Å². The van der Waals surface area contributed by atoms with E-state index in [2.05, 4.69) is 9.47 Å². The van der Waals surface area contributed by atoms with Crippen LogP contribution in [0.3, 0.4) is 0 Å². The quantitative estimate of drug-likeness (QED) is 0.510. The maximum Gasteiger partial charge on any atom is 0.460 e. The van der Waals surface area contributed by atoms with Gasteiger partial charge < -0.3 is 14.2 Å². The number of hydrogen-bond acceptors (Lipinski definition) is 6. The second kappa shape index (κ2) is 7.54. The van der Waals surface area contributed by atoms with Crippen molar-refractivity contribution < 1.29 is 40.6 Å². The van der Waals surface area contributed by atoms with Crippen LogP contribution in [0.4, 0.5) is 13.2 Å². The Kier molecular flexibility index (Phi) is 6.64. The van der Waals surface area contributed by atoms with E-state index >= 15 is 0 Å². The average molecular weight is 377 g/mol. The van der Waals surface area contributed by atoms with Gasteiger partial charge in [0.05, 0.1) is 31.0 Å². The minimum atomic E-state index is -5.06. The highest BCUT2D eigenvalue weighted by molar-refractivity contribution is 7.89.